The van der Waals surface area contributed by atoms with Crippen LogP contribution in [-0.4, -0.2) is 16.3 Å². The van der Waals surface area contributed by atoms with Gasteiger partial charge in [-0.3, -0.25) is 0 Å². The maximum Gasteiger partial charge on any atom is 0.209 e. The van der Waals surface area contributed by atoms with E-state index in [1.54, 1.807) is 0 Å². The SMILES string of the molecule is CC12C=[N+](c3ccc4c(c3)oc3ccccc34)C(C)(CC1)CC2. The summed E-state index contributed by atoms with van der Waals surface area (Å²) in [6.45, 7) is 4.81. The van der Waals surface area contributed by atoms with E-state index in [-0.39, 0.29) is 5.54 Å². The van der Waals surface area contributed by atoms with Crippen molar-refractivity contribution in [3.8, 4) is 0 Å². The molecule has 0 atom stereocenters. The maximum atomic E-state index is 6.08. The van der Waals surface area contributed by atoms with Gasteiger partial charge in [-0.2, -0.15) is 4.58 Å². The minimum atomic E-state index is 0.261. The van der Waals surface area contributed by atoms with Gasteiger partial charge in [-0.25, -0.2) is 0 Å². The number of fused-ring (bicyclic) bond motifs is 5. The molecular formula is C21H22NO+. The molecule has 2 heteroatoms. The van der Waals surface area contributed by atoms with Crippen molar-refractivity contribution in [3.05, 3.63) is 42.5 Å². The Hall–Kier alpha value is -2.09. The Morgan fingerprint density at radius 3 is 2.43 bits per heavy atom. The topological polar surface area (TPSA) is 16.1 Å². The monoisotopic (exact) mass is 304 g/mol. The summed E-state index contributed by atoms with van der Waals surface area (Å²) in [5.41, 5.74) is 3.86. The van der Waals surface area contributed by atoms with Crippen LogP contribution in [0.5, 0.6) is 0 Å². The van der Waals surface area contributed by atoms with E-state index in [2.05, 4.69) is 55.0 Å². The molecule has 0 N–H and O–H groups in total. The predicted octanol–water partition coefficient (Wildman–Crippen LogP) is 5.65. The average molecular weight is 304 g/mol. The highest BCUT2D eigenvalue weighted by Gasteiger charge is 2.51. The molecule has 2 bridgehead atoms. The smallest absolute Gasteiger partial charge is 0.209 e. The highest BCUT2D eigenvalue weighted by atomic mass is 16.3. The van der Waals surface area contributed by atoms with Crippen LogP contribution in [0.25, 0.3) is 21.9 Å². The van der Waals surface area contributed by atoms with Gasteiger partial charge in [0.15, 0.2) is 11.8 Å². The third-order valence-corrected chi connectivity index (χ3v) is 6.13. The zero-order valence-corrected chi connectivity index (χ0v) is 13.8. The fourth-order valence-corrected chi connectivity index (χ4v) is 4.45. The first kappa shape index (κ1) is 13.4. The molecule has 3 aliphatic rings. The second kappa shape index (κ2) is 4.25. The third-order valence-electron chi connectivity index (χ3n) is 6.13. The lowest BCUT2D eigenvalue weighted by atomic mass is 9.66. The number of nitrogens with zero attached hydrogens (tertiary/aromatic N) is 1. The molecular weight excluding hydrogens is 282 g/mol. The Balaban J connectivity index is 1.72. The molecule has 2 aliphatic heterocycles. The second-order valence-electron chi connectivity index (χ2n) is 7.93. The molecule has 0 amide bonds. The van der Waals surface area contributed by atoms with Crippen molar-refractivity contribution in [2.75, 3.05) is 0 Å². The van der Waals surface area contributed by atoms with Crippen LogP contribution in [0.2, 0.25) is 0 Å². The lowest BCUT2D eigenvalue weighted by Gasteiger charge is -2.43. The molecule has 23 heavy (non-hydrogen) atoms. The van der Waals surface area contributed by atoms with Gasteiger partial charge in [-0.05, 0) is 25.0 Å². The first-order chi connectivity index (χ1) is 11.1. The number of para-hydroxylation sites is 1. The molecule has 0 radical (unpaired) electrons. The Labute approximate surface area is 136 Å². The summed E-state index contributed by atoms with van der Waals surface area (Å²) in [5, 5.41) is 2.42. The molecule has 3 aromatic rings. The molecule has 1 fully saturated rings. The van der Waals surface area contributed by atoms with Crippen molar-refractivity contribution in [1.29, 1.82) is 0 Å². The number of hydrogen-bond donors (Lipinski definition) is 0. The van der Waals surface area contributed by atoms with Crippen molar-refractivity contribution in [1.82, 2.24) is 0 Å². The van der Waals surface area contributed by atoms with Gasteiger partial charge in [-0.1, -0.05) is 25.1 Å². The summed E-state index contributed by atoms with van der Waals surface area (Å²) in [5.74, 6) is 0. The van der Waals surface area contributed by atoms with E-state index in [9.17, 15) is 0 Å². The zero-order chi connectivity index (χ0) is 15.7. The van der Waals surface area contributed by atoms with E-state index in [4.69, 9.17) is 4.42 Å². The minimum Gasteiger partial charge on any atom is -0.456 e. The fourth-order valence-electron chi connectivity index (χ4n) is 4.45. The van der Waals surface area contributed by atoms with E-state index in [0.717, 1.165) is 11.2 Å². The highest BCUT2D eigenvalue weighted by molar-refractivity contribution is 6.05. The van der Waals surface area contributed by atoms with Gasteiger partial charge >= 0.3 is 0 Å². The molecule has 0 spiro atoms. The molecule has 2 nitrogen and oxygen atoms in total. The van der Waals surface area contributed by atoms with Crippen molar-refractivity contribution in [3.63, 3.8) is 0 Å². The number of benzene rings is 2. The molecule has 1 aromatic heterocycles. The summed E-state index contributed by atoms with van der Waals surface area (Å²) >= 11 is 0. The Bertz CT molecular complexity index is 954. The molecule has 3 heterocycles. The van der Waals surface area contributed by atoms with Crippen molar-refractivity contribution >= 4 is 33.8 Å². The molecule has 0 saturated heterocycles. The first-order valence-corrected chi connectivity index (χ1v) is 8.63. The number of rotatable bonds is 1. The van der Waals surface area contributed by atoms with E-state index >= 15 is 0 Å². The van der Waals surface area contributed by atoms with Crippen LogP contribution in [-0.2, 0) is 0 Å². The van der Waals surface area contributed by atoms with Crippen molar-refractivity contribution in [2.45, 2.75) is 45.1 Å². The zero-order valence-electron chi connectivity index (χ0n) is 13.8. The number of furan rings is 1. The molecule has 2 aromatic carbocycles. The normalized spacial score (nSPS) is 30.1. The van der Waals surface area contributed by atoms with Crippen LogP contribution in [0.1, 0.15) is 39.5 Å². The largest absolute Gasteiger partial charge is 0.456 e. The summed E-state index contributed by atoms with van der Waals surface area (Å²) in [6, 6.07) is 15.0. The third kappa shape index (κ3) is 1.84. The van der Waals surface area contributed by atoms with Crippen LogP contribution < -0.4 is 0 Å². The Morgan fingerprint density at radius 2 is 1.61 bits per heavy atom. The van der Waals surface area contributed by atoms with Crippen molar-refractivity contribution in [2.24, 2.45) is 5.41 Å². The van der Waals surface area contributed by atoms with Gasteiger partial charge in [0, 0.05) is 42.0 Å². The summed E-state index contributed by atoms with van der Waals surface area (Å²) < 4.78 is 8.60. The molecule has 1 saturated carbocycles. The van der Waals surface area contributed by atoms with Gasteiger partial charge in [0.1, 0.15) is 11.2 Å². The van der Waals surface area contributed by atoms with Crippen LogP contribution in [0.4, 0.5) is 5.69 Å². The molecule has 6 rings (SSSR count). The van der Waals surface area contributed by atoms with Crippen molar-refractivity contribution < 1.29 is 8.99 Å². The standard InChI is InChI=1S/C21H22NO/c1-20-9-11-21(2,12-10-20)22(14-20)15-7-8-17-16-5-3-4-6-18(16)23-19(17)13-15/h3-8,13-14H,9-12H2,1-2H3/q+1. The second-order valence-corrected chi connectivity index (χ2v) is 7.93. The fraction of sp³-hybridized carbons (Fsp3) is 0.381. The summed E-state index contributed by atoms with van der Waals surface area (Å²) in [4.78, 5) is 0. The van der Waals surface area contributed by atoms with Gasteiger partial charge in [-0.15, -0.1) is 0 Å². The molecule has 0 unspecified atom stereocenters. The molecule has 116 valence electrons. The van der Waals surface area contributed by atoms with Crippen LogP contribution >= 0.6 is 0 Å². The molecule has 1 aliphatic carbocycles. The number of hydrogen-bond acceptors (Lipinski definition) is 1. The van der Waals surface area contributed by atoms with E-state index in [0.29, 0.717) is 5.41 Å². The van der Waals surface area contributed by atoms with E-state index < -0.39 is 0 Å². The Morgan fingerprint density at radius 1 is 0.870 bits per heavy atom. The van der Waals surface area contributed by atoms with Crippen LogP contribution in [0, 0.1) is 5.41 Å². The lowest BCUT2D eigenvalue weighted by molar-refractivity contribution is -0.547. The van der Waals surface area contributed by atoms with Gasteiger partial charge < -0.3 is 4.42 Å². The van der Waals surface area contributed by atoms with Gasteiger partial charge in [0.05, 0.1) is 6.07 Å². The quantitative estimate of drug-likeness (QED) is 0.530. The minimum absolute atomic E-state index is 0.261. The van der Waals surface area contributed by atoms with E-state index in [1.165, 1.54) is 42.1 Å². The Kier molecular flexibility index (Phi) is 2.47. The van der Waals surface area contributed by atoms with Gasteiger partial charge in [0.2, 0.25) is 5.69 Å². The van der Waals surface area contributed by atoms with Gasteiger partial charge in [0.25, 0.3) is 0 Å². The highest BCUT2D eigenvalue weighted by Crippen LogP contribution is 2.48. The van der Waals surface area contributed by atoms with Crippen LogP contribution in [0.3, 0.4) is 0 Å². The summed E-state index contributed by atoms with van der Waals surface area (Å²) in [6.07, 6.45) is 7.65. The first-order valence-electron chi connectivity index (χ1n) is 8.63. The summed E-state index contributed by atoms with van der Waals surface area (Å²) in [7, 11) is 0. The average Bonchev–Trinajstić information content (AvgIpc) is 2.93. The predicted molar refractivity (Wildman–Crippen MR) is 94.7 cm³/mol. The van der Waals surface area contributed by atoms with Crippen LogP contribution in [0.15, 0.2) is 46.9 Å². The van der Waals surface area contributed by atoms with E-state index in [1.807, 2.05) is 12.1 Å². The maximum absolute atomic E-state index is 6.08. The lowest BCUT2D eigenvalue weighted by Crippen LogP contribution is -2.51.